The molecule has 0 aromatic carbocycles. The van der Waals surface area contributed by atoms with Crippen LogP contribution < -0.4 is 5.32 Å². The van der Waals surface area contributed by atoms with Crippen molar-refractivity contribution < 1.29 is 0 Å². The van der Waals surface area contributed by atoms with Gasteiger partial charge in [0.2, 0.25) is 0 Å². The van der Waals surface area contributed by atoms with Crippen molar-refractivity contribution in [3.63, 3.8) is 0 Å². The van der Waals surface area contributed by atoms with E-state index in [2.05, 4.69) is 57.5 Å². The van der Waals surface area contributed by atoms with Crippen LogP contribution >= 0.6 is 0 Å². The number of nitrogens with one attached hydrogen (secondary N) is 1. The Morgan fingerprint density at radius 2 is 2.15 bits per heavy atom. The molecule has 3 rings (SSSR count). The number of hydrogen-bond acceptors (Lipinski definition) is 3. The number of pyridine rings is 1. The van der Waals surface area contributed by atoms with Crippen molar-refractivity contribution in [3.8, 4) is 0 Å². The lowest BCUT2D eigenvalue weighted by atomic mass is 10.1. The molecule has 1 saturated heterocycles. The van der Waals surface area contributed by atoms with Gasteiger partial charge >= 0.3 is 0 Å². The van der Waals surface area contributed by atoms with E-state index in [1.165, 1.54) is 18.7 Å². The summed E-state index contributed by atoms with van der Waals surface area (Å²) >= 11 is 0. The van der Waals surface area contributed by atoms with E-state index in [1.54, 1.807) is 0 Å². The fourth-order valence-electron chi connectivity index (χ4n) is 3.81. The average molecular weight is 357 g/mol. The molecule has 6 nitrogen and oxygen atoms in total. The molecule has 142 valence electrons. The van der Waals surface area contributed by atoms with Crippen LogP contribution in [0, 0.1) is 12.8 Å². The zero-order valence-electron chi connectivity index (χ0n) is 16.6. The lowest BCUT2D eigenvalue weighted by molar-refractivity contribution is 0.255. The van der Waals surface area contributed by atoms with E-state index in [0.717, 1.165) is 49.4 Å². The first-order valence-corrected chi connectivity index (χ1v) is 9.76. The molecule has 1 unspecified atom stereocenters. The Hall–Kier alpha value is -2.08. The Morgan fingerprint density at radius 1 is 1.35 bits per heavy atom. The summed E-state index contributed by atoms with van der Waals surface area (Å²) < 4.78 is 2.13. The summed E-state index contributed by atoms with van der Waals surface area (Å²) in [6, 6.07) is 6.20. The average Bonchev–Trinajstić information content (AvgIpc) is 3.28. The molecule has 1 aliphatic rings. The Bertz CT molecular complexity index is 746. The van der Waals surface area contributed by atoms with E-state index in [4.69, 9.17) is 4.98 Å². The maximum absolute atomic E-state index is 4.70. The highest BCUT2D eigenvalue weighted by Gasteiger charge is 2.25. The molecule has 1 aliphatic heterocycles. The van der Waals surface area contributed by atoms with Crippen molar-refractivity contribution in [1.29, 1.82) is 0 Å². The van der Waals surface area contributed by atoms with E-state index < -0.39 is 0 Å². The van der Waals surface area contributed by atoms with Gasteiger partial charge in [0.15, 0.2) is 5.96 Å². The lowest BCUT2D eigenvalue weighted by Crippen LogP contribution is -2.40. The third-order valence-corrected chi connectivity index (χ3v) is 5.38. The highest BCUT2D eigenvalue weighted by molar-refractivity contribution is 5.80. The van der Waals surface area contributed by atoms with Crippen molar-refractivity contribution >= 4 is 11.6 Å². The number of nitrogens with zero attached hydrogens (tertiary/aromatic N) is 5. The van der Waals surface area contributed by atoms with Crippen molar-refractivity contribution in [2.75, 3.05) is 39.8 Å². The monoisotopic (exact) mass is 356 g/mol. The minimum absolute atomic E-state index is 0.699. The van der Waals surface area contributed by atoms with Crippen molar-refractivity contribution in [2.24, 2.45) is 10.9 Å². The first-order chi connectivity index (χ1) is 12.6. The highest BCUT2D eigenvalue weighted by atomic mass is 15.3. The minimum atomic E-state index is 0.699. The summed E-state index contributed by atoms with van der Waals surface area (Å²) in [6.07, 6.45) is 3.35. The number of aryl methyl sites for hydroxylation is 1. The number of hydrogen-bond donors (Lipinski definition) is 1. The third kappa shape index (κ3) is 4.18. The number of fused-ring (bicyclic) bond motifs is 1. The van der Waals surface area contributed by atoms with E-state index in [0.29, 0.717) is 6.54 Å². The lowest BCUT2D eigenvalue weighted by Gasteiger charge is -2.24. The number of aliphatic imine (C=N–C) groups is 1. The molecule has 0 radical (unpaired) electrons. The fraction of sp³-hybridized carbons (Fsp3) is 0.600. The highest BCUT2D eigenvalue weighted by Crippen LogP contribution is 2.18. The largest absolute Gasteiger partial charge is 0.351 e. The summed E-state index contributed by atoms with van der Waals surface area (Å²) in [7, 11) is 1.87. The minimum Gasteiger partial charge on any atom is -0.351 e. The zero-order valence-corrected chi connectivity index (χ0v) is 16.6. The molecule has 6 heteroatoms. The van der Waals surface area contributed by atoms with Gasteiger partial charge in [-0.1, -0.05) is 19.9 Å². The van der Waals surface area contributed by atoms with Crippen molar-refractivity contribution in [2.45, 2.75) is 33.7 Å². The van der Waals surface area contributed by atoms with E-state index in [1.807, 2.05) is 19.2 Å². The molecule has 1 fully saturated rings. The Labute approximate surface area is 156 Å². The first kappa shape index (κ1) is 18.7. The van der Waals surface area contributed by atoms with Crippen LogP contribution in [0.4, 0.5) is 0 Å². The second kappa shape index (κ2) is 8.54. The Kier molecular flexibility index (Phi) is 6.14. The number of imidazole rings is 1. The molecule has 2 aromatic heterocycles. The third-order valence-electron chi connectivity index (χ3n) is 5.38. The number of rotatable bonds is 6. The molecular weight excluding hydrogens is 324 g/mol. The summed E-state index contributed by atoms with van der Waals surface area (Å²) in [5.41, 5.74) is 3.24. The predicted octanol–water partition coefficient (Wildman–Crippen LogP) is 2.38. The number of guanidine groups is 1. The predicted molar refractivity (Wildman–Crippen MR) is 108 cm³/mol. The normalized spacial score (nSPS) is 18.3. The molecule has 0 aliphatic carbocycles. The topological polar surface area (TPSA) is 48.2 Å². The molecular formula is C20H32N6. The van der Waals surface area contributed by atoms with Gasteiger partial charge in [-0.25, -0.2) is 4.98 Å². The molecule has 0 bridgehead atoms. The molecule has 0 spiro atoms. The zero-order chi connectivity index (χ0) is 18.5. The van der Waals surface area contributed by atoms with Gasteiger partial charge in [0.05, 0.1) is 12.2 Å². The van der Waals surface area contributed by atoms with Gasteiger partial charge in [0.25, 0.3) is 0 Å². The van der Waals surface area contributed by atoms with Crippen LogP contribution in [0.15, 0.2) is 29.4 Å². The molecule has 0 amide bonds. The molecule has 3 heterocycles. The molecule has 0 saturated carbocycles. The quantitative estimate of drug-likeness (QED) is 0.638. The van der Waals surface area contributed by atoms with Crippen LogP contribution in [0.3, 0.4) is 0 Å². The van der Waals surface area contributed by atoms with Gasteiger partial charge in [-0.15, -0.1) is 0 Å². The number of likely N-dealkylation sites (tertiary alicyclic amines) is 1. The maximum Gasteiger partial charge on any atom is 0.193 e. The van der Waals surface area contributed by atoms with Gasteiger partial charge in [-0.05, 0) is 44.5 Å². The van der Waals surface area contributed by atoms with Crippen LogP contribution in [-0.4, -0.2) is 64.9 Å². The molecule has 1 atom stereocenters. The van der Waals surface area contributed by atoms with Gasteiger partial charge in [-0.3, -0.25) is 4.99 Å². The first-order valence-electron chi connectivity index (χ1n) is 9.76. The maximum atomic E-state index is 4.70. The molecule has 26 heavy (non-hydrogen) atoms. The molecule has 1 N–H and O–H groups in total. The smallest absolute Gasteiger partial charge is 0.193 e. The van der Waals surface area contributed by atoms with Crippen molar-refractivity contribution in [1.82, 2.24) is 24.5 Å². The Balaban J connectivity index is 1.57. The Morgan fingerprint density at radius 3 is 2.85 bits per heavy atom. The van der Waals surface area contributed by atoms with Gasteiger partial charge in [0, 0.05) is 38.6 Å². The van der Waals surface area contributed by atoms with E-state index in [-0.39, 0.29) is 0 Å². The number of aromatic nitrogens is 2. The molecule has 2 aromatic rings. The van der Waals surface area contributed by atoms with Crippen LogP contribution in [0.5, 0.6) is 0 Å². The van der Waals surface area contributed by atoms with E-state index >= 15 is 0 Å². The summed E-state index contributed by atoms with van der Waals surface area (Å²) in [5, 5.41) is 3.50. The summed E-state index contributed by atoms with van der Waals surface area (Å²) in [6.45, 7) is 12.9. The van der Waals surface area contributed by atoms with Crippen LogP contribution in [0.2, 0.25) is 0 Å². The van der Waals surface area contributed by atoms with Gasteiger partial charge in [0.1, 0.15) is 5.65 Å². The van der Waals surface area contributed by atoms with Crippen LogP contribution in [-0.2, 0) is 6.54 Å². The second-order valence-corrected chi connectivity index (χ2v) is 7.11. The van der Waals surface area contributed by atoms with Crippen LogP contribution in [0.25, 0.3) is 5.65 Å². The second-order valence-electron chi connectivity index (χ2n) is 7.11. The fourth-order valence-corrected chi connectivity index (χ4v) is 3.81. The summed E-state index contributed by atoms with van der Waals surface area (Å²) in [4.78, 5) is 14.1. The van der Waals surface area contributed by atoms with Crippen molar-refractivity contribution in [3.05, 3.63) is 35.8 Å². The van der Waals surface area contributed by atoms with E-state index in [9.17, 15) is 0 Å². The summed E-state index contributed by atoms with van der Waals surface area (Å²) in [5.74, 6) is 1.71. The van der Waals surface area contributed by atoms with Gasteiger partial charge < -0.3 is 19.5 Å². The van der Waals surface area contributed by atoms with Gasteiger partial charge in [-0.2, -0.15) is 0 Å². The van der Waals surface area contributed by atoms with Crippen LogP contribution in [0.1, 0.15) is 31.7 Å². The standard InChI is InChI=1S/C20H32N6/c1-5-24(6-2)13-17-10-11-25(14-17)20(21-4)22-12-18-15-26-16(3)8-7-9-19(26)23-18/h7-9,15,17H,5-6,10-14H2,1-4H3,(H,21,22). The SMILES string of the molecule is CCN(CC)CC1CCN(C(=NC)NCc2cn3c(C)cccc3n2)C1.